The largest absolute Gasteiger partial charge is 1.00 e. The molecule has 0 aliphatic heterocycles. The topological polar surface area (TPSA) is 55.4 Å². The predicted molar refractivity (Wildman–Crippen MR) is 62.1 cm³/mol. The molecule has 6 heteroatoms. The summed E-state index contributed by atoms with van der Waals surface area (Å²) in [5.41, 5.74) is 0.148. The molecular formula is C13H13FNO3Rb-2. The van der Waals surface area contributed by atoms with E-state index in [0.717, 1.165) is 0 Å². The van der Waals surface area contributed by atoms with Crippen LogP contribution in [0, 0.1) is 12.3 Å². The first kappa shape index (κ1) is 20.9. The van der Waals surface area contributed by atoms with Gasteiger partial charge in [0.1, 0.15) is 0 Å². The minimum absolute atomic E-state index is 0. The van der Waals surface area contributed by atoms with Gasteiger partial charge in [0.15, 0.2) is 0 Å². The van der Waals surface area contributed by atoms with Gasteiger partial charge in [-0.15, -0.1) is 35.9 Å². The molecule has 98 valence electrons. The van der Waals surface area contributed by atoms with E-state index in [0.29, 0.717) is 5.56 Å². The summed E-state index contributed by atoms with van der Waals surface area (Å²) in [6.07, 6.45) is 2.49. The summed E-state index contributed by atoms with van der Waals surface area (Å²) in [5.74, 6) is -1.15. The minimum Gasteiger partial charge on any atom is -1.00 e. The van der Waals surface area contributed by atoms with Crippen molar-refractivity contribution < 1.29 is 77.2 Å². The van der Waals surface area contributed by atoms with Gasteiger partial charge in [-0.2, -0.15) is 0 Å². The maximum Gasteiger partial charge on any atom is 1.00 e. The Morgan fingerprint density at radius 3 is 2.58 bits per heavy atom. The standard InChI is InChI=1S/C13H13NO3.FH.Rb/c1-3-17-13(16)11(9-14-2)12(15)10-7-5-4-6-8-10;;/h4-7,14H,3H2,1-2H3;1H;/q-2;;+1/p-1. The number of ether oxygens (including phenoxy) is 1. The number of Topliss-reactive ketones (excluding diaryl/α,β-unsaturated/α-hetero) is 1. The van der Waals surface area contributed by atoms with Crippen LogP contribution in [0.1, 0.15) is 17.3 Å². The van der Waals surface area contributed by atoms with Gasteiger partial charge in [0.25, 0.3) is 0 Å². The van der Waals surface area contributed by atoms with Crippen LogP contribution in [0.5, 0.6) is 0 Å². The van der Waals surface area contributed by atoms with E-state index < -0.39 is 11.8 Å². The number of ketones is 1. The van der Waals surface area contributed by atoms with Gasteiger partial charge in [-0.05, 0) is 19.5 Å². The molecule has 0 aliphatic rings. The van der Waals surface area contributed by atoms with Gasteiger partial charge in [0, 0.05) is 0 Å². The number of rotatable bonds is 5. The first-order chi connectivity index (χ1) is 8.20. The second-order valence-corrected chi connectivity index (χ2v) is 3.08. The van der Waals surface area contributed by atoms with Crippen LogP contribution < -0.4 is 68.2 Å². The molecular weight excluding hydrogens is 323 g/mol. The van der Waals surface area contributed by atoms with Crippen molar-refractivity contribution in [1.29, 1.82) is 0 Å². The normalized spacial score (nSPS) is 9.68. The quantitative estimate of drug-likeness (QED) is 0.112. The molecule has 0 fully saturated rings. The average Bonchev–Trinajstić information content (AvgIpc) is 2.36. The van der Waals surface area contributed by atoms with E-state index in [1.165, 1.54) is 0 Å². The Morgan fingerprint density at radius 1 is 1.42 bits per heavy atom. The number of esters is 1. The Morgan fingerprint density at radius 2 is 2.11 bits per heavy atom. The first-order valence-electron chi connectivity index (χ1n) is 5.19. The van der Waals surface area contributed by atoms with Gasteiger partial charge in [-0.3, -0.25) is 0 Å². The Kier molecular flexibility index (Phi) is 12.6. The molecule has 1 N–H and O–H groups in total. The van der Waals surface area contributed by atoms with Crippen LogP contribution in [0.25, 0.3) is 0 Å². The monoisotopic (exact) mass is 335 g/mol. The molecule has 4 nitrogen and oxygen atoms in total. The predicted octanol–water partition coefficient (Wildman–Crippen LogP) is -4.85. The van der Waals surface area contributed by atoms with E-state index in [4.69, 9.17) is 4.74 Å². The molecule has 19 heavy (non-hydrogen) atoms. The van der Waals surface area contributed by atoms with Gasteiger partial charge in [-0.25, -0.2) is 0 Å². The summed E-state index contributed by atoms with van der Waals surface area (Å²) in [7, 11) is 1.56. The molecule has 0 bridgehead atoms. The Balaban J connectivity index is 0. The molecule has 0 aromatic heterocycles. The van der Waals surface area contributed by atoms with Gasteiger partial charge >= 0.3 is 58.2 Å². The fourth-order valence-electron chi connectivity index (χ4n) is 1.20. The van der Waals surface area contributed by atoms with E-state index in [1.807, 2.05) is 0 Å². The molecule has 0 spiro atoms. The van der Waals surface area contributed by atoms with Crippen molar-refractivity contribution in [2.45, 2.75) is 6.92 Å². The van der Waals surface area contributed by atoms with Gasteiger partial charge in [-0.1, -0.05) is 6.20 Å². The average molecular weight is 336 g/mol. The molecule has 0 heterocycles. The molecule has 0 radical (unpaired) electrons. The van der Waals surface area contributed by atoms with Crippen molar-refractivity contribution in [2.75, 3.05) is 13.7 Å². The van der Waals surface area contributed by atoms with Crippen molar-refractivity contribution in [3.05, 3.63) is 47.7 Å². The van der Waals surface area contributed by atoms with Crippen molar-refractivity contribution >= 4 is 11.8 Å². The van der Waals surface area contributed by atoms with Crippen molar-refractivity contribution in [1.82, 2.24) is 5.32 Å². The van der Waals surface area contributed by atoms with Crippen LogP contribution in [0.4, 0.5) is 0 Å². The Bertz CT molecular complexity index is 435. The number of hydrogen-bond donors (Lipinski definition) is 1. The van der Waals surface area contributed by atoms with Crippen LogP contribution in [-0.2, 0) is 9.53 Å². The summed E-state index contributed by atoms with van der Waals surface area (Å²) in [4.78, 5) is 23.5. The summed E-state index contributed by atoms with van der Waals surface area (Å²) < 4.78 is 4.79. The summed E-state index contributed by atoms with van der Waals surface area (Å²) in [6.45, 7) is 1.88. The fraction of sp³-hybridized carbons (Fsp3) is 0.231. The summed E-state index contributed by atoms with van der Waals surface area (Å²) >= 11 is 0. The second kappa shape index (κ2) is 11.5. The maximum absolute atomic E-state index is 12.0. The molecule has 0 atom stereocenters. The van der Waals surface area contributed by atoms with Gasteiger partial charge < -0.3 is 24.3 Å². The van der Waals surface area contributed by atoms with E-state index in [2.05, 4.69) is 17.6 Å². The van der Waals surface area contributed by atoms with Crippen LogP contribution >= 0.6 is 0 Å². The zero-order valence-electron chi connectivity index (χ0n) is 11.1. The van der Waals surface area contributed by atoms with Crippen molar-refractivity contribution in [2.24, 2.45) is 0 Å². The minimum atomic E-state index is -0.691. The van der Waals surface area contributed by atoms with E-state index in [1.54, 1.807) is 38.2 Å². The number of benzene rings is 1. The first-order valence-corrected chi connectivity index (χ1v) is 5.19. The number of nitrogens with one attached hydrogen (secondary N) is 1. The number of carbonyl (C=O) groups is 2. The molecule has 1 rings (SSSR count). The molecule has 0 unspecified atom stereocenters. The molecule has 0 aliphatic carbocycles. The van der Waals surface area contributed by atoms with E-state index in [-0.39, 0.29) is 75.1 Å². The fourth-order valence-corrected chi connectivity index (χ4v) is 1.20. The maximum atomic E-state index is 12.0. The molecule has 0 amide bonds. The van der Waals surface area contributed by atoms with E-state index >= 15 is 0 Å². The zero-order valence-corrected chi connectivity index (χ0v) is 16.0. The SMILES string of the molecule is CCOC(=O)C(=[C-]NC)C(=O)c1[c-]cccc1.[F-].[Rb+]. The summed E-state index contributed by atoms with van der Waals surface area (Å²) in [5, 5.41) is 2.54. The van der Waals surface area contributed by atoms with Crippen molar-refractivity contribution in [3.8, 4) is 0 Å². The molecule has 1 aromatic carbocycles. The summed E-state index contributed by atoms with van der Waals surface area (Å²) in [6, 6.07) is 9.39. The van der Waals surface area contributed by atoms with E-state index in [9.17, 15) is 9.59 Å². The van der Waals surface area contributed by atoms with Gasteiger partial charge in [0.05, 0.1) is 12.4 Å². The Hall–Kier alpha value is -0.365. The third-order valence-electron chi connectivity index (χ3n) is 1.91. The third-order valence-corrected chi connectivity index (χ3v) is 1.91. The molecule has 0 saturated heterocycles. The van der Waals surface area contributed by atoms with Crippen LogP contribution in [-0.4, -0.2) is 25.4 Å². The number of carbonyl (C=O) groups excluding carboxylic acids is 2. The van der Waals surface area contributed by atoms with Crippen molar-refractivity contribution in [3.63, 3.8) is 0 Å². The zero-order chi connectivity index (χ0) is 12.7. The third kappa shape index (κ3) is 6.56. The number of hydrogen-bond acceptors (Lipinski definition) is 4. The molecule has 0 saturated carbocycles. The van der Waals surface area contributed by atoms with Crippen LogP contribution in [0.15, 0.2) is 29.8 Å². The second-order valence-electron chi connectivity index (χ2n) is 3.08. The smallest absolute Gasteiger partial charge is 1.00 e. The van der Waals surface area contributed by atoms with Gasteiger partial charge in [0.2, 0.25) is 5.97 Å². The van der Waals surface area contributed by atoms with Crippen LogP contribution in [0.3, 0.4) is 0 Å². The van der Waals surface area contributed by atoms with Crippen LogP contribution in [0.2, 0.25) is 0 Å². The molecule has 1 aromatic rings. The Labute approximate surface area is 160 Å². The number of halogens is 1.